The number of phosphoric ester groups is 1. The molecule has 0 saturated heterocycles. The summed E-state index contributed by atoms with van der Waals surface area (Å²) in [6.45, 7) is 3.66. The molecule has 3 N–H and O–H groups in total. The number of carbonyl (C=O) groups is 2. The first-order valence-electron chi connectivity index (χ1n) is 21.6. The van der Waals surface area contributed by atoms with Gasteiger partial charge in [-0.3, -0.25) is 18.6 Å². The van der Waals surface area contributed by atoms with Gasteiger partial charge in [-0.25, -0.2) is 4.57 Å². The molecular formula is C44H80NO8P. The molecule has 0 aliphatic heterocycles. The summed E-state index contributed by atoms with van der Waals surface area (Å²) in [4.78, 5) is 34.8. The average molecular weight is 782 g/mol. The van der Waals surface area contributed by atoms with Crippen molar-refractivity contribution in [2.24, 2.45) is 5.73 Å². The van der Waals surface area contributed by atoms with Crippen LogP contribution in [0.25, 0.3) is 0 Å². The third-order valence-corrected chi connectivity index (χ3v) is 9.92. The predicted octanol–water partition coefficient (Wildman–Crippen LogP) is 12.3. The molecule has 0 aliphatic carbocycles. The molecule has 0 aromatic heterocycles. The van der Waals surface area contributed by atoms with Crippen LogP contribution in [0.1, 0.15) is 187 Å². The van der Waals surface area contributed by atoms with E-state index < -0.39 is 32.5 Å². The summed E-state index contributed by atoms with van der Waals surface area (Å²) >= 11 is 0. The van der Waals surface area contributed by atoms with E-state index in [4.69, 9.17) is 24.3 Å². The number of ether oxygens (including phenoxy) is 2. The van der Waals surface area contributed by atoms with Gasteiger partial charge in [-0.2, -0.15) is 0 Å². The van der Waals surface area contributed by atoms with Crippen molar-refractivity contribution in [1.29, 1.82) is 0 Å². The van der Waals surface area contributed by atoms with Gasteiger partial charge in [0, 0.05) is 19.4 Å². The number of carbonyl (C=O) groups excluding carboxylic acids is 2. The van der Waals surface area contributed by atoms with Gasteiger partial charge in [0.2, 0.25) is 0 Å². The number of nitrogens with two attached hydrogens (primary N) is 1. The molecule has 0 heterocycles. The number of rotatable bonds is 40. The lowest BCUT2D eigenvalue weighted by molar-refractivity contribution is -0.161. The monoisotopic (exact) mass is 782 g/mol. The lowest BCUT2D eigenvalue weighted by atomic mass is 10.1. The summed E-state index contributed by atoms with van der Waals surface area (Å²) < 4.78 is 32.7. The van der Waals surface area contributed by atoms with Crippen molar-refractivity contribution in [2.45, 2.75) is 193 Å². The fourth-order valence-electron chi connectivity index (χ4n) is 5.69. The van der Waals surface area contributed by atoms with Gasteiger partial charge in [0.25, 0.3) is 0 Å². The van der Waals surface area contributed by atoms with Crippen LogP contribution in [-0.4, -0.2) is 49.3 Å². The van der Waals surface area contributed by atoms with Crippen molar-refractivity contribution in [2.75, 3.05) is 26.4 Å². The van der Waals surface area contributed by atoms with Crippen molar-refractivity contribution in [3.05, 3.63) is 48.6 Å². The molecule has 2 atom stereocenters. The van der Waals surface area contributed by atoms with E-state index in [1.807, 2.05) is 0 Å². The highest BCUT2D eigenvalue weighted by molar-refractivity contribution is 7.47. The summed E-state index contributed by atoms with van der Waals surface area (Å²) in [5.74, 6) is -0.864. The van der Waals surface area contributed by atoms with E-state index in [1.165, 1.54) is 77.0 Å². The molecule has 314 valence electrons. The largest absolute Gasteiger partial charge is 0.472 e. The Balaban J connectivity index is 4.22. The number of phosphoric acid groups is 1. The fraction of sp³-hybridized carbons (Fsp3) is 0.773. The predicted molar refractivity (Wildman–Crippen MR) is 224 cm³/mol. The first-order chi connectivity index (χ1) is 26.3. The molecule has 0 amide bonds. The molecule has 1 unspecified atom stereocenters. The lowest BCUT2D eigenvalue weighted by Gasteiger charge is -2.19. The number of hydrogen-bond donors (Lipinski definition) is 2. The minimum absolute atomic E-state index is 0.0474. The molecule has 0 spiro atoms. The van der Waals surface area contributed by atoms with Gasteiger partial charge in [-0.1, -0.05) is 146 Å². The zero-order chi connectivity index (χ0) is 39.6. The quantitative estimate of drug-likeness (QED) is 0.0269. The Morgan fingerprint density at radius 2 is 0.963 bits per heavy atom. The number of unbranched alkanes of at least 4 members (excludes halogenated alkanes) is 19. The summed E-state index contributed by atoms with van der Waals surface area (Å²) in [7, 11) is -4.38. The van der Waals surface area contributed by atoms with Crippen LogP contribution < -0.4 is 5.73 Å². The van der Waals surface area contributed by atoms with Crippen LogP contribution in [0.15, 0.2) is 48.6 Å². The maximum Gasteiger partial charge on any atom is 0.472 e. The molecule has 0 aliphatic rings. The normalized spacial score (nSPS) is 13.8. The van der Waals surface area contributed by atoms with E-state index in [-0.39, 0.29) is 32.6 Å². The molecule has 54 heavy (non-hydrogen) atoms. The molecule has 0 saturated carbocycles. The maximum absolute atomic E-state index is 12.6. The van der Waals surface area contributed by atoms with Gasteiger partial charge in [0.1, 0.15) is 6.61 Å². The standard InChI is InChI=1S/C44H80NO8P/c1-3-5-7-9-11-13-15-17-19-21-23-24-26-28-30-32-34-36-43(46)50-40-42(41-52-54(48,49)51-39-38-45)53-44(47)37-35-33-31-29-27-25-22-20-18-16-14-12-10-8-6-4-2/h11,13,17,19-20,22-24,42H,3-10,12,14-16,18,21,25-41,45H2,1-2H3,(H,48,49)/b13-11-,19-17-,22-20-,24-23-/t42-/m1/s1. The Hall–Kier alpha value is -2.03. The van der Waals surface area contributed by atoms with Gasteiger partial charge < -0.3 is 20.1 Å². The Labute approximate surface area is 330 Å². The van der Waals surface area contributed by atoms with E-state index >= 15 is 0 Å². The van der Waals surface area contributed by atoms with Crippen LogP contribution in [-0.2, 0) is 32.7 Å². The molecule has 0 bridgehead atoms. The second-order valence-electron chi connectivity index (χ2n) is 14.2. The van der Waals surface area contributed by atoms with Crippen LogP contribution in [0.4, 0.5) is 0 Å². The minimum Gasteiger partial charge on any atom is -0.462 e. The van der Waals surface area contributed by atoms with Crippen molar-refractivity contribution >= 4 is 19.8 Å². The minimum atomic E-state index is -4.38. The van der Waals surface area contributed by atoms with E-state index in [1.54, 1.807) is 0 Å². The van der Waals surface area contributed by atoms with Gasteiger partial charge in [-0.15, -0.1) is 0 Å². The van der Waals surface area contributed by atoms with Gasteiger partial charge in [0.15, 0.2) is 6.10 Å². The molecule has 9 nitrogen and oxygen atoms in total. The summed E-state index contributed by atoms with van der Waals surface area (Å²) in [6.07, 6.45) is 45.6. The Kier molecular flexibility index (Phi) is 39.1. The third-order valence-electron chi connectivity index (χ3n) is 8.94. The SMILES string of the molecule is CCCCC/C=C\C/C=C\C/C=C\CCCCCCC(=O)OC[C@H](COP(=O)(O)OCCN)OC(=O)CCCCCCC/C=C\CCCCCCCCC. The maximum atomic E-state index is 12.6. The van der Waals surface area contributed by atoms with E-state index in [0.29, 0.717) is 12.8 Å². The highest BCUT2D eigenvalue weighted by Gasteiger charge is 2.26. The Bertz CT molecular complexity index is 1030. The summed E-state index contributed by atoms with van der Waals surface area (Å²) in [5, 5.41) is 0. The van der Waals surface area contributed by atoms with Gasteiger partial charge >= 0.3 is 19.8 Å². The number of allylic oxidation sites excluding steroid dienone is 8. The molecule has 0 rings (SSSR count). The van der Waals surface area contributed by atoms with Crippen molar-refractivity contribution in [3.63, 3.8) is 0 Å². The topological polar surface area (TPSA) is 134 Å². The third kappa shape index (κ3) is 39.7. The average Bonchev–Trinajstić information content (AvgIpc) is 3.16. The highest BCUT2D eigenvalue weighted by atomic mass is 31.2. The molecule has 0 aromatic rings. The Morgan fingerprint density at radius 3 is 1.48 bits per heavy atom. The second-order valence-corrected chi connectivity index (χ2v) is 15.7. The number of esters is 2. The zero-order valence-corrected chi connectivity index (χ0v) is 35.3. The van der Waals surface area contributed by atoms with E-state index in [0.717, 1.165) is 70.6 Å². The molecule has 0 aromatic carbocycles. The zero-order valence-electron chi connectivity index (χ0n) is 34.4. The smallest absolute Gasteiger partial charge is 0.462 e. The van der Waals surface area contributed by atoms with Gasteiger partial charge in [-0.05, 0) is 77.0 Å². The van der Waals surface area contributed by atoms with Crippen molar-refractivity contribution < 1.29 is 37.6 Å². The molecular weight excluding hydrogens is 701 g/mol. The van der Waals surface area contributed by atoms with Crippen LogP contribution in [0.2, 0.25) is 0 Å². The number of hydrogen-bond acceptors (Lipinski definition) is 8. The van der Waals surface area contributed by atoms with Crippen molar-refractivity contribution in [3.8, 4) is 0 Å². The molecule has 0 fully saturated rings. The van der Waals surface area contributed by atoms with E-state index in [9.17, 15) is 19.0 Å². The van der Waals surface area contributed by atoms with Crippen molar-refractivity contribution in [1.82, 2.24) is 0 Å². The second kappa shape index (κ2) is 40.6. The fourth-order valence-corrected chi connectivity index (χ4v) is 6.46. The van der Waals surface area contributed by atoms with E-state index in [2.05, 4.69) is 62.5 Å². The lowest BCUT2D eigenvalue weighted by Crippen LogP contribution is -2.29. The molecule has 10 heteroatoms. The highest BCUT2D eigenvalue weighted by Crippen LogP contribution is 2.43. The first-order valence-corrected chi connectivity index (χ1v) is 23.1. The first kappa shape index (κ1) is 52.0. The van der Waals surface area contributed by atoms with Crippen LogP contribution in [0.5, 0.6) is 0 Å². The van der Waals surface area contributed by atoms with Crippen LogP contribution in [0, 0.1) is 0 Å². The summed E-state index contributed by atoms with van der Waals surface area (Å²) in [5.41, 5.74) is 5.34. The summed E-state index contributed by atoms with van der Waals surface area (Å²) in [6, 6.07) is 0. The Morgan fingerprint density at radius 1 is 0.556 bits per heavy atom. The van der Waals surface area contributed by atoms with Crippen LogP contribution >= 0.6 is 7.82 Å². The molecule has 0 radical (unpaired) electrons. The van der Waals surface area contributed by atoms with Gasteiger partial charge in [0.05, 0.1) is 13.2 Å². The van der Waals surface area contributed by atoms with Crippen LogP contribution in [0.3, 0.4) is 0 Å².